The number of rotatable bonds is 9. The molecule has 1 atom stereocenters. The van der Waals surface area contributed by atoms with Gasteiger partial charge in [0.15, 0.2) is 6.61 Å². The molecule has 2 aromatic rings. The van der Waals surface area contributed by atoms with Crippen LogP contribution in [0.15, 0.2) is 48.5 Å². The Morgan fingerprint density at radius 2 is 1.84 bits per heavy atom. The molecule has 7 heteroatoms. The summed E-state index contributed by atoms with van der Waals surface area (Å²) in [6, 6.07) is 12.2. The third kappa shape index (κ3) is 6.44. The molecule has 31 heavy (non-hydrogen) atoms. The molecule has 5 nitrogen and oxygen atoms in total. The van der Waals surface area contributed by atoms with Crippen LogP contribution in [-0.2, 0) is 16.1 Å². The molecular formula is C24H28ClFN2O3. The lowest BCUT2D eigenvalue weighted by Gasteiger charge is -2.31. The van der Waals surface area contributed by atoms with Gasteiger partial charge in [-0.1, -0.05) is 49.6 Å². The molecule has 0 aliphatic heterocycles. The Kier molecular flexibility index (Phi) is 8.29. The van der Waals surface area contributed by atoms with Gasteiger partial charge in [0.25, 0.3) is 5.91 Å². The van der Waals surface area contributed by atoms with Crippen molar-refractivity contribution in [2.75, 3.05) is 6.61 Å². The van der Waals surface area contributed by atoms with Gasteiger partial charge in [0.2, 0.25) is 5.91 Å². The van der Waals surface area contributed by atoms with E-state index < -0.39 is 6.04 Å². The summed E-state index contributed by atoms with van der Waals surface area (Å²) in [6.45, 7) is 1.82. The molecule has 3 rings (SSSR count). The Hall–Kier alpha value is -2.60. The van der Waals surface area contributed by atoms with Gasteiger partial charge in [0, 0.05) is 17.6 Å². The number of nitrogens with one attached hydrogen (secondary N) is 1. The van der Waals surface area contributed by atoms with Crippen LogP contribution in [0, 0.1) is 5.82 Å². The van der Waals surface area contributed by atoms with Crippen LogP contribution in [0.2, 0.25) is 5.02 Å². The van der Waals surface area contributed by atoms with E-state index in [2.05, 4.69) is 5.32 Å². The van der Waals surface area contributed by atoms with Gasteiger partial charge < -0.3 is 15.0 Å². The molecule has 0 aromatic heterocycles. The second kappa shape index (κ2) is 11.1. The van der Waals surface area contributed by atoms with E-state index in [0.717, 1.165) is 31.2 Å². The number of benzene rings is 2. The number of ether oxygens (including phenoxy) is 1. The summed E-state index contributed by atoms with van der Waals surface area (Å²) in [4.78, 5) is 27.7. The molecule has 2 aromatic carbocycles. The van der Waals surface area contributed by atoms with E-state index in [1.54, 1.807) is 6.07 Å². The van der Waals surface area contributed by atoms with Gasteiger partial charge in [0.1, 0.15) is 17.6 Å². The summed E-state index contributed by atoms with van der Waals surface area (Å²) in [5.41, 5.74) is 0.756. The molecule has 1 unspecified atom stereocenters. The quantitative estimate of drug-likeness (QED) is 0.606. The molecule has 166 valence electrons. The number of hydrogen-bond acceptors (Lipinski definition) is 3. The first-order chi connectivity index (χ1) is 15.0. The predicted octanol–water partition coefficient (Wildman–Crippen LogP) is 4.72. The first-order valence-electron chi connectivity index (χ1n) is 10.7. The van der Waals surface area contributed by atoms with E-state index in [9.17, 15) is 14.0 Å². The summed E-state index contributed by atoms with van der Waals surface area (Å²) in [6.07, 6.45) is 4.61. The van der Waals surface area contributed by atoms with E-state index >= 15 is 0 Å². The first kappa shape index (κ1) is 23.1. The number of carbonyl (C=O) groups is 2. The van der Waals surface area contributed by atoms with Gasteiger partial charge >= 0.3 is 0 Å². The zero-order chi connectivity index (χ0) is 22.2. The van der Waals surface area contributed by atoms with Gasteiger partial charge in [-0.2, -0.15) is 0 Å². The largest absolute Gasteiger partial charge is 0.484 e. The van der Waals surface area contributed by atoms with Crippen LogP contribution in [0.5, 0.6) is 5.75 Å². The number of amides is 2. The minimum Gasteiger partial charge on any atom is -0.484 e. The van der Waals surface area contributed by atoms with Crippen LogP contribution in [0.1, 0.15) is 44.6 Å². The topological polar surface area (TPSA) is 58.6 Å². The lowest BCUT2D eigenvalue weighted by atomic mass is 10.1. The molecule has 1 aliphatic carbocycles. The average molecular weight is 447 g/mol. The van der Waals surface area contributed by atoms with E-state index in [0.29, 0.717) is 17.2 Å². The van der Waals surface area contributed by atoms with Crippen molar-refractivity contribution in [2.24, 2.45) is 0 Å². The molecule has 0 heterocycles. The zero-order valence-corrected chi connectivity index (χ0v) is 18.4. The van der Waals surface area contributed by atoms with Crippen molar-refractivity contribution in [1.29, 1.82) is 0 Å². The second-order valence-corrected chi connectivity index (χ2v) is 8.18. The molecule has 1 saturated carbocycles. The van der Waals surface area contributed by atoms with Gasteiger partial charge in [0.05, 0.1) is 0 Å². The molecule has 1 fully saturated rings. The maximum absolute atomic E-state index is 13.1. The van der Waals surface area contributed by atoms with Gasteiger partial charge in [-0.25, -0.2) is 4.39 Å². The molecule has 0 saturated heterocycles. The standard InChI is InChI=1S/C24H28ClFN2O3/c1-2-22(24(30)27-19-8-4-5-9-19)28(15-17-7-3-6-10-21(17)25)23(29)16-31-20-13-11-18(26)12-14-20/h3,6-7,10-14,19,22H,2,4-5,8-9,15-16H2,1H3,(H,27,30). The Bertz CT molecular complexity index is 885. The fourth-order valence-corrected chi connectivity index (χ4v) is 4.05. The molecule has 0 spiro atoms. The maximum atomic E-state index is 13.1. The van der Waals surface area contributed by atoms with Crippen molar-refractivity contribution in [2.45, 2.75) is 57.7 Å². The lowest BCUT2D eigenvalue weighted by molar-refractivity contribution is -0.143. The number of carbonyl (C=O) groups excluding carboxylic acids is 2. The normalized spacial score (nSPS) is 14.8. The summed E-state index contributed by atoms with van der Waals surface area (Å²) in [5, 5.41) is 3.63. The highest BCUT2D eigenvalue weighted by atomic mass is 35.5. The Balaban J connectivity index is 1.76. The van der Waals surface area contributed by atoms with Crippen molar-refractivity contribution in [3.63, 3.8) is 0 Å². The molecule has 0 radical (unpaired) electrons. The van der Waals surface area contributed by atoms with Crippen LogP contribution in [0.4, 0.5) is 4.39 Å². The van der Waals surface area contributed by atoms with Crippen LogP contribution in [0.3, 0.4) is 0 Å². The van der Waals surface area contributed by atoms with Gasteiger partial charge in [-0.05, 0) is 55.2 Å². The lowest BCUT2D eigenvalue weighted by Crippen LogP contribution is -2.52. The summed E-state index contributed by atoms with van der Waals surface area (Å²) < 4.78 is 18.7. The van der Waals surface area contributed by atoms with E-state index in [4.69, 9.17) is 16.3 Å². The minimum absolute atomic E-state index is 0.156. The average Bonchev–Trinajstić information content (AvgIpc) is 3.27. The molecule has 0 bridgehead atoms. The van der Waals surface area contributed by atoms with Crippen molar-refractivity contribution in [1.82, 2.24) is 10.2 Å². The molecular weight excluding hydrogens is 419 g/mol. The third-order valence-electron chi connectivity index (χ3n) is 5.56. The number of halogens is 2. The van der Waals surface area contributed by atoms with Crippen molar-refractivity contribution >= 4 is 23.4 Å². The van der Waals surface area contributed by atoms with Gasteiger partial charge in [-0.15, -0.1) is 0 Å². The zero-order valence-electron chi connectivity index (χ0n) is 17.7. The SMILES string of the molecule is CCC(C(=O)NC1CCCC1)N(Cc1ccccc1Cl)C(=O)COc1ccc(F)cc1. The minimum atomic E-state index is -0.638. The predicted molar refractivity (Wildman–Crippen MR) is 118 cm³/mol. The summed E-state index contributed by atoms with van der Waals surface area (Å²) in [7, 11) is 0. The van der Waals surface area contributed by atoms with Crippen molar-refractivity contribution < 1.29 is 18.7 Å². The first-order valence-corrected chi connectivity index (χ1v) is 11.1. The van der Waals surface area contributed by atoms with E-state index in [1.807, 2.05) is 25.1 Å². The monoisotopic (exact) mass is 446 g/mol. The summed E-state index contributed by atoms with van der Waals surface area (Å²) >= 11 is 6.32. The molecule has 1 aliphatic rings. The highest BCUT2D eigenvalue weighted by Crippen LogP contribution is 2.22. The Morgan fingerprint density at radius 3 is 2.48 bits per heavy atom. The second-order valence-electron chi connectivity index (χ2n) is 7.77. The van der Waals surface area contributed by atoms with E-state index in [1.165, 1.54) is 29.2 Å². The third-order valence-corrected chi connectivity index (χ3v) is 5.93. The number of hydrogen-bond donors (Lipinski definition) is 1. The molecule has 1 N–H and O–H groups in total. The van der Waals surface area contributed by atoms with Crippen molar-refractivity contribution in [3.05, 3.63) is 64.9 Å². The van der Waals surface area contributed by atoms with Crippen LogP contribution >= 0.6 is 11.6 Å². The smallest absolute Gasteiger partial charge is 0.261 e. The van der Waals surface area contributed by atoms with Crippen LogP contribution < -0.4 is 10.1 Å². The van der Waals surface area contributed by atoms with Crippen LogP contribution in [-0.4, -0.2) is 35.4 Å². The highest BCUT2D eigenvalue weighted by Gasteiger charge is 2.31. The summed E-state index contributed by atoms with van der Waals surface area (Å²) in [5.74, 6) is -0.487. The molecule has 2 amide bonds. The highest BCUT2D eigenvalue weighted by molar-refractivity contribution is 6.31. The van der Waals surface area contributed by atoms with Crippen LogP contribution in [0.25, 0.3) is 0 Å². The Labute approximate surface area is 187 Å². The van der Waals surface area contributed by atoms with Gasteiger partial charge in [-0.3, -0.25) is 9.59 Å². The number of nitrogens with zero attached hydrogens (tertiary/aromatic N) is 1. The van der Waals surface area contributed by atoms with E-state index in [-0.39, 0.29) is 36.8 Å². The maximum Gasteiger partial charge on any atom is 0.261 e. The van der Waals surface area contributed by atoms with Crippen molar-refractivity contribution in [3.8, 4) is 5.75 Å². The fourth-order valence-electron chi connectivity index (χ4n) is 3.86. The Morgan fingerprint density at radius 1 is 1.16 bits per heavy atom. The fraction of sp³-hybridized carbons (Fsp3) is 0.417.